The smallest absolute Gasteiger partial charge is 0.343 e. The maximum absolute atomic E-state index is 12.9. The van der Waals surface area contributed by atoms with Crippen molar-refractivity contribution in [2.75, 3.05) is 10.2 Å². The molecule has 2 amide bonds. The van der Waals surface area contributed by atoms with E-state index in [9.17, 15) is 14.4 Å². The minimum absolute atomic E-state index is 0.0546. The molecule has 1 aliphatic heterocycles. The minimum Gasteiger partial charge on any atom is -0.423 e. The molecule has 0 unspecified atom stereocenters. The van der Waals surface area contributed by atoms with Crippen LogP contribution in [0.4, 0.5) is 11.4 Å². The predicted octanol–water partition coefficient (Wildman–Crippen LogP) is 6.29. The fourth-order valence-corrected chi connectivity index (χ4v) is 3.94. The minimum atomic E-state index is -0.640. The quantitative estimate of drug-likeness (QED) is 0.249. The third kappa shape index (κ3) is 5.09. The molecule has 6 nitrogen and oxygen atoms in total. The van der Waals surface area contributed by atoms with E-state index >= 15 is 0 Å². The van der Waals surface area contributed by atoms with Crippen molar-refractivity contribution >= 4 is 52.4 Å². The van der Waals surface area contributed by atoms with Crippen molar-refractivity contribution in [3.8, 4) is 5.75 Å². The van der Waals surface area contributed by atoms with Crippen molar-refractivity contribution in [1.82, 2.24) is 0 Å². The Morgan fingerprint density at radius 1 is 0.857 bits per heavy atom. The molecular formula is C27H22Cl2N2O4. The molecule has 0 saturated carbocycles. The number of carbonyl (C=O) groups is 3. The maximum atomic E-state index is 12.9. The zero-order chi connectivity index (χ0) is 25.3. The van der Waals surface area contributed by atoms with Gasteiger partial charge >= 0.3 is 5.97 Å². The number of rotatable bonds is 5. The normalized spacial score (nSPS) is 13.9. The van der Waals surface area contributed by atoms with Crippen LogP contribution in [0.1, 0.15) is 36.7 Å². The second-order valence-electron chi connectivity index (χ2n) is 8.95. The van der Waals surface area contributed by atoms with Gasteiger partial charge in [-0.15, -0.1) is 0 Å². The van der Waals surface area contributed by atoms with Gasteiger partial charge < -0.3 is 10.1 Å². The van der Waals surface area contributed by atoms with Gasteiger partial charge in [0.05, 0.1) is 11.3 Å². The average Bonchev–Trinajstić information content (AvgIpc) is 3.03. The van der Waals surface area contributed by atoms with Gasteiger partial charge in [-0.2, -0.15) is 0 Å². The highest BCUT2D eigenvalue weighted by Crippen LogP contribution is 2.32. The number of para-hydroxylation sites is 1. The standard InChI is InChI=1S/C27H22Cl2N2O4/c1-27(2,3)20-6-4-5-7-21(20)35-26(34)16-8-12-18(13-9-16)30-23-22(29)24(32)31(25(23)33)19-14-10-17(28)11-15-19/h4-15,30H,1-3H3. The van der Waals surface area contributed by atoms with Gasteiger partial charge in [-0.1, -0.05) is 62.2 Å². The van der Waals surface area contributed by atoms with Crippen LogP contribution in [0.2, 0.25) is 5.02 Å². The van der Waals surface area contributed by atoms with Crippen molar-refractivity contribution in [1.29, 1.82) is 0 Å². The first kappa shape index (κ1) is 24.5. The molecule has 0 aromatic heterocycles. The molecule has 8 heteroatoms. The highest BCUT2D eigenvalue weighted by molar-refractivity contribution is 6.53. The Hall–Kier alpha value is -3.61. The molecule has 35 heavy (non-hydrogen) atoms. The summed E-state index contributed by atoms with van der Waals surface area (Å²) in [6.45, 7) is 6.13. The molecule has 0 aliphatic carbocycles. The molecule has 178 valence electrons. The number of ether oxygens (including phenoxy) is 1. The van der Waals surface area contributed by atoms with E-state index in [-0.39, 0.29) is 16.1 Å². The monoisotopic (exact) mass is 508 g/mol. The third-order valence-electron chi connectivity index (χ3n) is 5.40. The summed E-state index contributed by atoms with van der Waals surface area (Å²) in [7, 11) is 0. The lowest BCUT2D eigenvalue weighted by molar-refractivity contribution is -0.120. The van der Waals surface area contributed by atoms with Gasteiger partial charge in [0.2, 0.25) is 0 Å². The third-order valence-corrected chi connectivity index (χ3v) is 6.00. The molecule has 3 aromatic carbocycles. The van der Waals surface area contributed by atoms with Crippen LogP contribution in [-0.4, -0.2) is 17.8 Å². The number of anilines is 2. The number of hydrogen-bond acceptors (Lipinski definition) is 5. The van der Waals surface area contributed by atoms with E-state index in [1.54, 1.807) is 54.6 Å². The first-order valence-electron chi connectivity index (χ1n) is 10.8. The fourth-order valence-electron chi connectivity index (χ4n) is 3.60. The van der Waals surface area contributed by atoms with Crippen molar-refractivity contribution in [3.63, 3.8) is 0 Å². The van der Waals surface area contributed by atoms with Crippen molar-refractivity contribution in [2.45, 2.75) is 26.2 Å². The van der Waals surface area contributed by atoms with E-state index in [0.717, 1.165) is 10.5 Å². The first-order chi connectivity index (χ1) is 16.6. The van der Waals surface area contributed by atoms with Crippen molar-refractivity contribution in [3.05, 3.63) is 99.7 Å². The fraction of sp³-hybridized carbons (Fsp3) is 0.148. The lowest BCUT2D eigenvalue weighted by atomic mass is 9.86. The molecule has 0 fully saturated rings. The molecule has 0 bridgehead atoms. The van der Waals surface area contributed by atoms with E-state index in [4.69, 9.17) is 27.9 Å². The molecule has 0 atom stereocenters. The maximum Gasteiger partial charge on any atom is 0.343 e. The number of hydrogen-bond donors (Lipinski definition) is 1. The number of halogens is 2. The van der Waals surface area contributed by atoms with Gasteiger partial charge in [-0.3, -0.25) is 9.59 Å². The number of nitrogens with one attached hydrogen (secondary N) is 1. The Morgan fingerprint density at radius 3 is 2.11 bits per heavy atom. The van der Waals surface area contributed by atoms with Gasteiger partial charge in [-0.05, 0) is 60.0 Å². The van der Waals surface area contributed by atoms with Crippen LogP contribution < -0.4 is 15.0 Å². The number of benzene rings is 3. The second-order valence-corrected chi connectivity index (χ2v) is 9.76. The molecule has 3 aromatic rings. The SMILES string of the molecule is CC(C)(C)c1ccccc1OC(=O)c1ccc(NC2=C(Cl)C(=O)N(c3ccc(Cl)cc3)C2=O)cc1. The topological polar surface area (TPSA) is 75.7 Å². The molecule has 1 heterocycles. The summed E-state index contributed by atoms with van der Waals surface area (Å²) in [6, 6.07) is 20.0. The van der Waals surface area contributed by atoms with Crippen LogP contribution >= 0.6 is 23.2 Å². The molecule has 0 saturated heterocycles. The predicted molar refractivity (Wildman–Crippen MR) is 137 cm³/mol. The zero-order valence-electron chi connectivity index (χ0n) is 19.3. The van der Waals surface area contributed by atoms with Gasteiger partial charge in [0.1, 0.15) is 16.5 Å². The Balaban J connectivity index is 1.49. The number of nitrogens with zero attached hydrogens (tertiary/aromatic N) is 1. The van der Waals surface area contributed by atoms with Gasteiger partial charge in [0, 0.05) is 16.3 Å². The van der Waals surface area contributed by atoms with E-state index in [1.165, 1.54) is 0 Å². The van der Waals surface area contributed by atoms with Crippen LogP contribution in [0.3, 0.4) is 0 Å². The Bertz CT molecular complexity index is 1340. The number of carbonyl (C=O) groups excluding carboxylic acids is 3. The largest absolute Gasteiger partial charge is 0.423 e. The summed E-state index contributed by atoms with van der Waals surface area (Å²) >= 11 is 12.1. The van der Waals surface area contributed by atoms with E-state index < -0.39 is 17.8 Å². The van der Waals surface area contributed by atoms with Crippen LogP contribution in [-0.2, 0) is 15.0 Å². The van der Waals surface area contributed by atoms with Gasteiger partial charge in [0.15, 0.2) is 0 Å². The summed E-state index contributed by atoms with van der Waals surface area (Å²) in [5.41, 5.74) is 1.83. The summed E-state index contributed by atoms with van der Waals surface area (Å²) in [4.78, 5) is 39.2. The van der Waals surface area contributed by atoms with E-state index in [0.29, 0.717) is 27.7 Å². The molecule has 4 rings (SSSR count). The summed E-state index contributed by atoms with van der Waals surface area (Å²) < 4.78 is 5.65. The molecular weight excluding hydrogens is 487 g/mol. The summed E-state index contributed by atoms with van der Waals surface area (Å²) in [6.07, 6.45) is 0. The zero-order valence-corrected chi connectivity index (χ0v) is 20.8. The van der Waals surface area contributed by atoms with Crippen LogP contribution in [0.25, 0.3) is 0 Å². The average molecular weight is 509 g/mol. The number of imide groups is 1. The second kappa shape index (κ2) is 9.56. The molecule has 0 spiro atoms. The Kier molecular flexibility index (Phi) is 6.70. The summed E-state index contributed by atoms with van der Waals surface area (Å²) in [5, 5.41) is 3.13. The van der Waals surface area contributed by atoms with Crippen LogP contribution in [0.15, 0.2) is 83.5 Å². The lowest BCUT2D eigenvalue weighted by Gasteiger charge is -2.22. The van der Waals surface area contributed by atoms with Crippen LogP contribution in [0.5, 0.6) is 5.75 Å². The number of amides is 2. The van der Waals surface area contributed by atoms with E-state index in [2.05, 4.69) is 5.32 Å². The van der Waals surface area contributed by atoms with Gasteiger partial charge in [-0.25, -0.2) is 9.69 Å². The van der Waals surface area contributed by atoms with E-state index in [1.807, 2.05) is 39.0 Å². The summed E-state index contributed by atoms with van der Waals surface area (Å²) in [5.74, 6) is -1.24. The molecule has 0 radical (unpaired) electrons. The molecule has 1 N–H and O–H groups in total. The van der Waals surface area contributed by atoms with Crippen molar-refractivity contribution in [2.24, 2.45) is 0 Å². The lowest BCUT2D eigenvalue weighted by Crippen LogP contribution is -2.32. The molecule has 1 aliphatic rings. The number of esters is 1. The first-order valence-corrected chi connectivity index (χ1v) is 11.5. The van der Waals surface area contributed by atoms with Crippen LogP contribution in [0, 0.1) is 0 Å². The highest BCUT2D eigenvalue weighted by Gasteiger charge is 2.39. The Labute approximate surface area is 213 Å². The highest BCUT2D eigenvalue weighted by atomic mass is 35.5. The van der Waals surface area contributed by atoms with Gasteiger partial charge in [0.25, 0.3) is 11.8 Å². The van der Waals surface area contributed by atoms with Crippen molar-refractivity contribution < 1.29 is 19.1 Å². The Morgan fingerprint density at radius 2 is 1.49 bits per heavy atom.